The highest BCUT2D eigenvalue weighted by Crippen LogP contribution is 2.64. The normalized spacial score (nSPS) is 27.1. The largest absolute Gasteiger partial charge is 0.465 e. The monoisotopic (exact) mass is 330 g/mol. The molecule has 2 atom stereocenters. The van der Waals surface area contributed by atoms with Gasteiger partial charge in [-0.15, -0.1) is 11.8 Å². The summed E-state index contributed by atoms with van der Waals surface area (Å²) < 4.78 is 5.30. The molecule has 0 spiro atoms. The minimum Gasteiger partial charge on any atom is -0.465 e. The molecular formula is C18H22O2SSi. The summed E-state index contributed by atoms with van der Waals surface area (Å²) in [6, 6.07) is 10.7. The van der Waals surface area contributed by atoms with E-state index in [0.29, 0.717) is 12.5 Å². The summed E-state index contributed by atoms with van der Waals surface area (Å²) in [7, 11) is -1.86. The maximum absolute atomic E-state index is 12.4. The molecule has 2 nitrogen and oxygen atoms in total. The second-order valence-corrected chi connectivity index (χ2v) is 12.7. The number of benzene rings is 1. The SMILES string of the molecule is CCOC(=O)C1SC1(C1C=CC=C1)[Si](C)(C)c1ccccc1. The van der Waals surface area contributed by atoms with Crippen LogP contribution in [0.2, 0.25) is 13.1 Å². The third-order valence-electron chi connectivity index (χ3n) is 4.86. The first kappa shape index (κ1) is 15.6. The van der Waals surface area contributed by atoms with Crippen LogP contribution in [0.3, 0.4) is 0 Å². The molecule has 1 aliphatic carbocycles. The summed E-state index contributed by atoms with van der Waals surface area (Å²) in [6.07, 6.45) is 8.68. The molecule has 3 rings (SSSR count). The van der Waals surface area contributed by atoms with E-state index >= 15 is 0 Å². The Labute approximate surface area is 137 Å². The van der Waals surface area contributed by atoms with Gasteiger partial charge in [-0.05, 0) is 6.92 Å². The third-order valence-corrected chi connectivity index (χ3v) is 12.8. The number of ether oxygens (including phenoxy) is 1. The van der Waals surface area contributed by atoms with E-state index in [4.69, 9.17) is 4.74 Å². The van der Waals surface area contributed by atoms with Crippen molar-refractivity contribution in [2.24, 2.45) is 5.92 Å². The zero-order valence-corrected chi connectivity index (χ0v) is 15.1. The average Bonchev–Trinajstić information content (AvgIpc) is 3.07. The first-order chi connectivity index (χ1) is 10.5. The fraction of sp³-hybridized carbons (Fsp3) is 0.389. The van der Waals surface area contributed by atoms with E-state index in [1.807, 2.05) is 18.7 Å². The average molecular weight is 331 g/mol. The number of carbonyl (C=O) groups is 1. The summed E-state index contributed by atoms with van der Waals surface area (Å²) in [5.41, 5.74) is 0. The third kappa shape index (κ3) is 2.29. The van der Waals surface area contributed by atoms with Crippen molar-refractivity contribution < 1.29 is 9.53 Å². The molecular weight excluding hydrogens is 308 g/mol. The van der Waals surface area contributed by atoms with Gasteiger partial charge < -0.3 is 4.74 Å². The van der Waals surface area contributed by atoms with Crippen molar-refractivity contribution >= 4 is 31.0 Å². The molecule has 1 aromatic rings. The molecule has 0 amide bonds. The van der Waals surface area contributed by atoms with Crippen molar-refractivity contribution in [3.05, 3.63) is 54.6 Å². The van der Waals surface area contributed by atoms with Crippen LogP contribution in [0.25, 0.3) is 0 Å². The molecule has 116 valence electrons. The number of esters is 1. The Bertz CT molecular complexity index is 611. The first-order valence-electron chi connectivity index (χ1n) is 7.79. The molecule has 0 radical (unpaired) electrons. The summed E-state index contributed by atoms with van der Waals surface area (Å²) >= 11 is 1.82. The Morgan fingerprint density at radius 2 is 1.86 bits per heavy atom. The van der Waals surface area contributed by atoms with Crippen LogP contribution >= 0.6 is 11.8 Å². The molecule has 4 heteroatoms. The lowest BCUT2D eigenvalue weighted by Crippen LogP contribution is -2.59. The second-order valence-electron chi connectivity index (χ2n) is 6.33. The number of carbonyl (C=O) groups excluding carboxylic acids is 1. The Morgan fingerprint density at radius 3 is 2.45 bits per heavy atom. The van der Waals surface area contributed by atoms with Crippen molar-refractivity contribution in [1.29, 1.82) is 0 Å². The van der Waals surface area contributed by atoms with E-state index in [1.54, 1.807) is 0 Å². The molecule has 1 aromatic carbocycles. The van der Waals surface area contributed by atoms with Gasteiger partial charge in [0.2, 0.25) is 0 Å². The van der Waals surface area contributed by atoms with Crippen LogP contribution in [-0.2, 0) is 9.53 Å². The van der Waals surface area contributed by atoms with E-state index in [1.165, 1.54) is 5.19 Å². The van der Waals surface area contributed by atoms with E-state index in [-0.39, 0.29) is 15.6 Å². The molecule has 22 heavy (non-hydrogen) atoms. The predicted molar refractivity (Wildman–Crippen MR) is 96.1 cm³/mol. The number of allylic oxidation sites excluding steroid dienone is 4. The molecule has 1 heterocycles. The lowest BCUT2D eigenvalue weighted by Gasteiger charge is -2.36. The molecule has 1 aliphatic heterocycles. The van der Waals surface area contributed by atoms with E-state index < -0.39 is 8.07 Å². The Kier molecular flexibility index (Phi) is 4.08. The Morgan fingerprint density at radius 1 is 1.23 bits per heavy atom. The van der Waals surface area contributed by atoms with Crippen LogP contribution in [0, 0.1) is 5.92 Å². The predicted octanol–water partition coefficient (Wildman–Crippen LogP) is 3.30. The first-order valence-corrected chi connectivity index (χ1v) is 11.7. The highest BCUT2D eigenvalue weighted by molar-refractivity contribution is 8.12. The van der Waals surface area contributed by atoms with Crippen molar-refractivity contribution in [3.63, 3.8) is 0 Å². The molecule has 0 aromatic heterocycles. The van der Waals surface area contributed by atoms with Gasteiger partial charge in [-0.1, -0.05) is 72.9 Å². The minimum atomic E-state index is -1.86. The summed E-state index contributed by atoms with van der Waals surface area (Å²) in [5, 5.41) is 1.37. The smallest absolute Gasteiger partial charge is 0.320 e. The topological polar surface area (TPSA) is 26.3 Å². The van der Waals surface area contributed by atoms with Gasteiger partial charge in [0.1, 0.15) is 13.3 Å². The van der Waals surface area contributed by atoms with E-state index in [0.717, 1.165) is 0 Å². The standard InChI is InChI=1S/C18H22O2SSi/c1-4-20-17(19)16-18(21-16,14-10-8-9-11-14)22(2,3)15-12-6-5-7-13-15/h5-14,16H,4H2,1-3H3. The molecule has 0 saturated carbocycles. The zero-order valence-electron chi connectivity index (χ0n) is 13.3. The lowest BCUT2D eigenvalue weighted by atomic mass is 10.0. The molecule has 1 fully saturated rings. The van der Waals surface area contributed by atoms with Crippen LogP contribution < -0.4 is 5.19 Å². The lowest BCUT2D eigenvalue weighted by molar-refractivity contribution is -0.141. The van der Waals surface area contributed by atoms with E-state index in [2.05, 4.69) is 67.7 Å². The number of hydrogen-bond donors (Lipinski definition) is 0. The van der Waals surface area contributed by atoms with Gasteiger partial charge in [-0.25, -0.2) is 0 Å². The van der Waals surface area contributed by atoms with Gasteiger partial charge in [0, 0.05) is 10.3 Å². The van der Waals surface area contributed by atoms with Crippen LogP contribution in [0.4, 0.5) is 0 Å². The quantitative estimate of drug-likeness (QED) is 0.471. The maximum Gasteiger partial charge on any atom is 0.320 e. The van der Waals surface area contributed by atoms with Gasteiger partial charge in [0.05, 0.1) is 6.61 Å². The summed E-state index contributed by atoms with van der Waals surface area (Å²) in [4.78, 5) is 12.4. The highest BCUT2D eigenvalue weighted by atomic mass is 32.2. The number of rotatable bonds is 5. The second kappa shape index (κ2) is 5.74. The minimum absolute atomic E-state index is 0.0237. The molecule has 2 unspecified atom stereocenters. The van der Waals surface area contributed by atoms with Gasteiger partial charge >= 0.3 is 5.97 Å². The van der Waals surface area contributed by atoms with Gasteiger partial charge in [-0.3, -0.25) is 4.79 Å². The van der Waals surface area contributed by atoms with Crippen LogP contribution in [0.5, 0.6) is 0 Å². The fourth-order valence-corrected chi connectivity index (χ4v) is 10.6. The van der Waals surface area contributed by atoms with Crippen LogP contribution in [-0.4, -0.2) is 30.3 Å². The van der Waals surface area contributed by atoms with Crippen molar-refractivity contribution in [3.8, 4) is 0 Å². The fourth-order valence-electron chi connectivity index (χ4n) is 3.55. The highest BCUT2D eigenvalue weighted by Gasteiger charge is 2.71. The zero-order chi connectivity index (χ0) is 15.8. The summed E-state index contributed by atoms with van der Waals surface area (Å²) in [5.74, 6) is 0.284. The van der Waals surface area contributed by atoms with Crippen LogP contribution in [0.1, 0.15) is 6.92 Å². The van der Waals surface area contributed by atoms with Crippen LogP contribution in [0.15, 0.2) is 54.6 Å². The van der Waals surface area contributed by atoms with E-state index in [9.17, 15) is 4.79 Å². The van der Waals surface area contributed by atoms with Gasteiger partial charge in [0.15, 0.2) is 0 Å². The number of hydrogen-bond acceptors (Lipinski definition) is 3. The van der Waals surface area contributed by atoms with Gasteiger partial charge in [-0.2, -0.15) is 0 Å². The molecule has 2 aliphatic rings. The van der Waals surface area contributed by atoms with Crippen molar-refractivity contribution in [1.82, 2.24) is 0 Å². The summed E-state index contributed by atoms with van der Waals surface area (Å²) in [6.45, 7) is 7.10. The molecule has 0 bridgehead atoms. The number of thioether (sulfide) groups is 1. The maximum atomic E-state index is 12.4. The molecule has 0 N–H and O–H groups in total. The van der Waals surface area contributed by atoms with Gasteiger partial charge in [0.25, 0.3) is 0 Å². The van der Waals surface area contributed by atoms with Crippen molar-refractivity contribution in [2.75, 3.05) is 6.61 Å². The Balaban J connectivity index is 1.99. The molecule has 1 saturated heterocycles. The Hall–Kier alpha value is -1.26. The van der Waals surface area contributed by atoms with Crippen molar-refractivity contribution in [2.45, 2.75) is 29.6 Å².